The van der Waals surface area contributed by atoms with Crippen LogP contribution in [0.25, 0.3) is 0 Å². The molecule has 108 valence electrons. The molecule has 1 heterocycles. The standard InChI is InChI=1S/C15H24ClNO2/c1-8-15(19-12(18)11(2)3)9-13(4,5)17(16)14(6,7)10-15/h8H,1-2,9-10H2,3-7H3. The van der Waals surface area contributed by atoms with Gasteiger partial charge in [-0.3, -0.25) is 0 Å². The highest BCUT2D eigenvalue weighted by molar-refractivity contribution is 6.14. The van der Waals surface area contributed by atoms with Crippen LogP contribution in [0.1, 0.15) is 47.5 Å². The number of nitrogens with zero attached hydrogens (tertiary/aromatic N) is 1. The van der Waals surface area contributed by atoms with Gasteiger partial charge in [-0.2, -0.15) is 0 Å². The average molecular weight is 286 g/mol. The average Bonchev–Trinajstić information content (AvgIpc) is 2.24. The van der Waals surface area contributed by atoms with Crippen LogP contribution in [0.4, 0.5) is 0 Å². The zero-order chi connectivity index (χ0) is 15.1. The van der Waals surface area contributed by atoms with Crippen molar-refractivity contribution in [1.29, 1.82) is 0 Å². The summed E-state index contributed by atoms with van der Waals surface area (Å²) in [6.07, 6.45) is 2.94. The topological polar surface area (TPSA) is 29.5 Å². The molecule has 1 aliphatic rings. The molecule has 0 N–H and O–H groups in total. The molecule has 1 rings (SSSR count). The number of carbonyl (C=O) groups is 1. The molecule has 4 heteroatoms. The fourth-order valence-corrected chi connectivity index (χ4v) is 3.13. The monoisotopic (exact) mass is 285 g/mol. The van der Waals surface area contributed by atoms with Gasteiger partial charge in [-0.1, -0.05) is 13.2 Å². The lowest BCUT2D eigenvalue weighted by Crippen LogP contribution is -2.62. The third-order valence-electron chi connectivity index (χ3n) is 3.54. The second kappa shape index (κ2) is 4.95. The number of carbonyl (C=O) groups excluding carboxylic acids is 1. The molecule has 0 saturated carbocycles. The molecule has 1 aliphatic heterocycles. The molecular weight excluding hydrogens is 262 g/mol. The Balaban J connectivity index is 3.11. The summed E-state index contributed by atoms with van der Waals surface area (Å²) in [6.45, 7) is 17.3. The van der Waals surface area contributed by atoms with Crippen molar-refractivity contribution in [3.8, 4) is 0 Å². The maximum absolute atomic E-state index is 11.9. The van der Waals surface area contributed by atoms with Crippen molar-refractivity contribution in [2.45, 2.75) is 64.1 Å². The number of rotatable bonds is 3. The van der Waals surface area contributed by atoms with Crippen LogP contribution < -0.4 is 0 Å². The Kier molecular flexibility index (Phi) is 4.23. The number of piperidine rings is 1. The van der Waals surface area contributed by atoms with Crippen LogP contribution in [0, 0.1) is 0 Å². The first-order valence-corrected chi connectivity index (χ1v) is 6.78. The van der Waals surface area contributed by atoms with Gasteiger partial charge in [0, 0.05) is 29.5 Å². The van der Waals surface area contributed by atoms with Crippen molar-refractivity contribution in [3.05, 3.63) is 24.8 Å². The number of hydrogen-bond donors (Lipinski definition) is 0. The third kappa shape index (κ3) is 3.21. The first-order chi connectivity index (χ1) is 8.46. The maximum Gasteiger partial charge on any atom is 0.333 e. The number of ether oxygens (including phenoxy) is 1. The van der Waals surface area contributed by atoms with E-state index in [-0.39, 0.29) is 17.0 Å². The third-order valence-corrected chi connectivity index (χ3v) is 4.46. The van der Waals surface area contributed by atoms with Crippen molar-refractivity contribution in [3.63, 3.8) is 0 Å². The lowest BCUT2D eigenvalue weighted by molar-refractivity contribution is -0.162. The summed E-state index contributed by atoms with van der Waals surface area (Å²) in [5.74, 6) is -0.380. The number of hydrogen-bond acceptors (Lipinski definition) is 3. The van der Waals surface area contributed by atoms with Gasteiger partial charge in [0.05, 0.1) is 0 Å². The highest BCUT2D eigenvalue weighted by Crippen LogP contribution is 2.47. The van der Waals surface area contributed by atoms with E-state index in [4.69, 9.17) is 16.5 Å². The molecule has 0 atom stereocenters. The molecule has 19 heavy (non-hydrogen) atoms. The van der Waals surface area contributed by atoms with Gasteiger partial charge in [0.25, 0.3) is 0 Å². The second-order valence-electron chi connectivity index (χ2n) is 6.70. The van der Waals surface area contributed by atoms with Crippen LogP contribution in [-0.2, 0) is 9.53 Å². The Morgan fingerprint density at radius 3 is 2.00 bits per heavy atom. The lowest BCUT2D eigenvalue weighted by atomic mass is 9.72. The predicted octanol–water partition coefficient (Wildman–Crippen LogP) is 3.84. The first-order valence-electron chi connectivity index (χ1n) is 6.44. The lowest BCUT2D eigenvalue weighted by Gasteiger charge is -2.54. The maximum atomic E-state index is 11.9. The smallest absolute Gasteiger partial charge is 0.333 e. The predicted molar refractivity (Wildman–Crippen MR) is 78.9 cm³/mol. The minimum atomic E-state index is -0.700. The Morgan fingerprint density at radius 2 is 1.68 bits per heavy atom. The van der Waals surface area contributed by atoms with E-state index in [2.05, 4.69) is 13.2 Å². The summed E-state index contributed by atoms with van der Waals surface area (Å²) in [5, 5.41) is 0. The number of esters is 1. The van der Waals surface area contributed by atoms with Crippen molar-refractivity contribution in [2.75, 3.05) is 0 Å². The highest BCUT2D eigenvalue weighted by Gasteiger charge is 2.52. The quantitative estimate of drug-likeness (QED) is 0.341. The van der Waals surface area contributed by atoms with Crippen molar-refractivity contribution in [2.24, 2.45) is 0 Å². The van der Waals surface area contributed by atoms with Crippen LogP contribution >= 0.6 is 11.8 Å². The van der Waals surface area contributed by atoms with Crippen molar-refractivity contribution >= 4 is 17.7 Å². The van der Waals surface area contributed by atoms with Gasteiger partial charge >= 0.3 is 5.97 Å². The molecule has 0 spiro atoms. The van der Waals surface area contributed by atoms with Crippen LogP contribution in [0.5, 0.6) is 0 Å². The van der Waals surface area contributed by atoms with E-state index in [0.717, 1.165) is 0 Å². The molecule has 0 aromatic rings. The molecule has 0 amide bonds. The van der Waals surface area contributed by atoms with E-state index < -0.39 is 5.60 Å². The minimum absolute atomic E-state index is 0.299. The van der Waals surface area contributed by atoms with Crippen LogP contribution in [0.3, 0.4) is 0 Å². The molecule has 0 aromatic heterocycles. The molecule has 1 fully saturated rings. The molecule has 1 saturated heterocycles. The minimum Gasteiger partial charge on any atom is -0.451 e. The van der Waals surface area contributed by atoms with Gasteiger partial charge in [-0.25, -0.2) is 9.21 Å². The summed E-state index contributed by atoms with van der Waals surface area (Å²) in [6, 6.07) is 0. The fourth-order valence-electron chi connectivity index (χ4n) is 3.02. The van der Waals surface area contributed by atoms with E-state index in [1.807, 2.05) is 32.1 Å². The fraction of sp³-hybridized carbons (Fsp3) is 0.667. The molecular formula is C15H24ClNO2. The van der Waals surface area contributed by atoms with Gasteiger partial charge < -0.3 is 4.74 Å². The van der Waals surface area contributed by atoms with Gasteiger partial charge in [-0.05, 0) is 52.5 Å². The van der Waals surface area contributed by atoms with Gasteiger partial charge in [0.15, 0.2) is 0 Å². The Morgan fingerprint density at radius 1 is 1.26 bits per heavy atom. The summed E-state index contributed by atoms with van der Waals surface area (Å²) < 4.78 is 7.48. The molecule has 0 aliphatic carbocycles. The largest absolute Gasteiger partial charge is 0.451 e. The van der Waals surface area contributed by atoms with Gasteiger partial charge in [0.1, 0.15) is 5.60 Å². The summed E-state index contributed by atoms with van der Waals surface area (Å²) in [4.78, 5) is 11.9. The molecule has 0 bridgehead atoms. The van der Waals surface area contributed by atoms with E-state index in [1.165, 1.54) is 0 Å². The first kappa shape index (κ1) is 16.3. The van der Waals surface area contributed by atoms with Crippen LogP contribution in [-0.4, -0.2) is 27.1 Å². The molecule has 0 aromatic carbocycles. The zero-order valence-electron chi connectivity index (χ0n) is 12.5. The normalized spacial score (nSPS) is 24.5. The van der Waals surface area contributed by atoms with Crippen molar-refractivity contribution in [1.82, 2.24) is 4.42 Å². The SMILES string of the molecule is C=CC1(OC(=O)C(=C)C)CC(C)(C)N(Cl)C(C)(C)C1. The molecule has 0 radical (unpaired) electrons. The highest BCUT2D eigenvalue weighted by atomic mass is 35.5. The summed E-state index contributed by atoms with van der Waals surface area (Å²) in [5.41, 5.74) is -0.904. The van der Waals surface area contributed by atoms with Gasteiger partial charge in [-0.15, -0.1) is 0 Å². The van der Waals surface area contributed by atoms with Crippen LogP contribution in [0.2, 0.25) is 0 Å². The Labute approximate surface area is 121 Å². The zero-order valence-corrected chi connectivity index (χ0v) is 13.3. The number of halogens is 1. The Bertz CT molecular complexity index is 394. The van der Waals surface area contributed by atoms with Crippen LogP contribution in [0.15, 0.2) is 24.8 Å². The molecule has 3 nitrogen and oxygen atoms in total. The summed E-state index contributed by atoms with van der Waals surface area (Å²) in [7, 11) is 0. The van der Waals surface area contributed by atoms with E-state index in [1.54, 1.807) is 13.0 Å². The van der Waals surface area contributed by atoms with E-state index >= 15 is 0 Å². The van der Waals surface area contributed by atoms with Crippen molar-refractivity contribution < 1.29 is 9.53 Å². The van der Waals surface area contributed by atoms with E-state index in [9.17, 15) is 4.79 Å². The second-order valence-corrected chi connectivity index (χ2v) is 7.04. The Hall–Kier alpha value is -0.800. The molecule has 0 unspecified atom stereocenters. The van der Waals surface area contributed by atoms with Gasteiger partial charge in [0.2, 0.25) is 0 Å². The van der Waals surface area contributed by atoms with E-state index in [0.29, 0.717) is 18.4 Å². The summed E-state index contributed by atoms with van der Waals surface area (Å²) >= 11 is 6.42.